The number of hydrogen-bond donors (Lipinski definition) is 2. The predicted molar refractivity (Wildman–Crippen MR) is 97.1 cm³/mol. The molecule has 0 bridgehead atoms. The fraction of sp³-hybridized carbons (Fsp3) is 0.400. The van der Waals surface area contributed by atoms with Crippen molar-refractivity contribution in [3.63, 3.8) is 0 Å². The van der Waals surface area contributed by atoms with Crippen LogP contribution in [-0.4, -0.2) is 0 Å². The van der Waals surface area contributed by atoms with E-state index in [9.17, 15) is 0 Å². The molecule has 22 heavy (non-hydrogen) atoms. The molecule has 2 heteroatoms. The highest BCUT2D eigenvalue weighted by atomic mass is 14.6. The van der Waals surface area contributed by atoms with Crippen molar-refractivity contribution in [1.29, 1.82) is 0 Å². The second-order valence-corrected chi connectivity index (χ2v) is 7.10. The largest absolute Gasteiger partial charge is 0.399 e. The van der Waals surface area contributed by atoms with Crippen molar-refractivity contribution >= 4 is 11.4 Å². The Morgan fingerprint density at radius 2 is 1.41 bits per heavy atom. The average Bonchev–Trinajstić information content (AvgIpc) is 2.47. The number of nitrogens with two attached hydrogens (primary N) is 2. The third kappa shape index (κ3) is 2.58. The number of hydrogen-bond acceptors (Lipinski definition) is 2. The molecule has 0 spiro atoms. The van der Waals surface area contributed by atoms with Crippen LogP contribution < -0.4 is 11.5 Å². The summed E-state index contributed by atoms with van der Waals surface area (Å²) >= 11 is 0. The predicted octanol–water partition coefficient (Wildman–Crippen LogP) is 4.67. The second-order valence-electron chi connectivity index (χ2n) is 7.10. The van der Waals surface area contributed by atoms with Crippen LogP contribution in [0.5, 0.6) is 0 Å². The zero-order valence-electron chi connectivity index (χ0n) is 14.4. The van der Waals surface area contributed by atoms with Gasteiger partial charge in [-0.15, -0.1) is 0 Å². The lowest BCUT2D eigenvalue weighted by Gasteiger charge is -2.43. The van der Waals surface area contributed by atoms with Gasteiger partial charge >= 0.3 is 0 Å². The van der Waals surface area contributed by atoms with Gasteiger partial charge in [0.25, 0.3) is 0 Å². The SMILES string of the molecule is CCc1cccc(C(C)(C)C(C)(C)c2ccc(N)cc2)c1N. The lowest BCUT2D eigenvalue weighted by Crippen LogP contribution is -2.41. The lowest BCUT2D eigenvalue weighted by atomic mass is 9.60. The van der Waals surface area contributed by atoms with Crippen molar-refractivity contribution in [3.05, 3.63) is 59.2 Å². The maximum absolute atomic E-state index is 6.46. The van der Waals surface area contributed by atoms with Crippen molar-refractivity contribution in [1.82, 2.24) is 0 Å². The van der Waals surface area contributed by atoms with Crippen LogP contribution in [0.25, 0.3) is 0 Å². The molecule has 0 atom stereocenters. The molecule has 0 radical (unpaired) electrons. The van der Waals surface area contributed by atoms with Gasteiger partial charge in [0.15, 0.2) is 0 Å². The minimum Gasteiger partial charge on any atom is -0.399 e. The molecule has 0 amide bonds. The number of aryl methyl sites for hydroxylation is 1. The molecule has 2 aromatic carbocycles. The molecule has 0 aromatic heterocycles. The van der Waals surface area contributed by atoms with Crippen LogP contribution in [-0.2, 0) is 17.3 Å². The maximum Gasteiger partial charge on any atom is 0.0384 e. The first kappa shape index (κ1) is 16.4. The van der Waals surface area contributed by atoms with Gasteiger partial charge in [-0.1, -0.05) is 65.0 Å². The van der Waals surface area contributed by atoms with Gasteiger partial charge in [-0.2, -0.15) is 0 Å². The first-order valence-corrected chi connectivity index (χ1v) is 7.95. The molecule has 4 N–H and O–H groups in total. The lowest BCUT2D eigenvalue weighted by molar-refractivity contribution is 0.304. The summed E-state index contributed by atoms with van der Waals surface area (Å²) in [5, 5.41) is 0. The van der Waals surface area contributed by atoms with Gasteiger partial charge < -0.3 is 11.5 Å². The van der Waals surface area contributed by atoms with E-state index in [1.807, 2.05) is 12.1 Å². The number of para-hydroxylation sites is 1. The zero-order valence-corrected chi connectivity index (χ0v) is 14.4. The van der Waals surface area contributed by atoms with Gasteiger partial charge in [-0.05, 0) is 40.7 Å². The first-order valence-electron chi connectivity index (χ1n) is 7.95. The Hall–Kier alpha value is -1.96. The molecule has 0 aliphatic heterocycles. The molecular weight excluding hydrogens is 268 g/mol. The van der Waals surface area contributed by atoms with Crippen LogP contribution in [0.15, 0.2) is 42.5 Å². The molecule has 0 fully saturated rings. The number of rotatable bonds is 4. The van der Waals surface area contributed by atoms with Crippen LogP contribution in [0.1, 0.15) is 51.3 Å². The summed E-state index contributed by atoms with van der Waals surface area (Å²) in [6, 6.07) is 14.6. The molecule has 0 aliphatic carbocycles. The standard InChI is InChI=1S/C20H28N2/c1-6-14-8-7-9-17(18(14)22)20(4,5)19(2,3)15-10-12-16(21)13-11-15/h7-13H,6,21-22H2,1-5H3. The van der Waals surface area contributed by atoms with Crippen molar-refractivity contribution in [3.8, 4) is 0 Å². The summed E-state index contributed by atoms with van der Waals surface area (Å²) in [4.78, 5) is 0. The van der Waals surface area contributed by atoms with Crippen LogP contribution >= 0.6 is 0 Å². The normalized spacial score (nSPS) is 12.4. The minimum absolute atomic E-state index is 0.0683. The van der Waals surface area contributed by atoms with E-state index in [1.54, 1.807) is 0 Å². The van der Waals surface area contributed by atoms with E-state index < -0.39 is 0 Å². The molecule has 118 valence electrons. The Labute approximate surface area is 134 Å². The van der Waals surface area contributed by atoms with Gasteiger partial charge in [-0.25, -0.2) is 0 Å². The number of benzene rings is 2. The highest BCUT2D eigenvalue weighted by Gasteiger charge is 2.40. The Balaban J connectivity index is 2.55. The van der Waals surface area contributed by atoms with E-state index in [-0.39, 0.29) is 10.8 Å². The Bertz CT molecular complexity index is 652. The summed E-state index contributed by atoms with van der Waals surface area (Å²) in [6.45, 7) is 11.2. The van der Waals surface area contributed by atoms with Crippen LogP contribution in [0.2, 0.25) is 0 Å². The smallest absolute Gasteiger partial charge is 0.0384 e. The van der Waals surface area contributed by atoms with Gasteiger partial charge in [0.05, 0.1) is 0 Å². The Morgan fingerprint density at radius 3 is 1.95 bits per heavy atom. The summed E-state index contributed by atoms with van der Waals surface area (Å²) in [5.41, 5.74) is 17.6. The fourth-order valence-electron chi connectivity index (χ4n) is 3.06. The van der Waals surface area contributed by atoms with Crippen molar-refractivity contribution in [2.45, 2.75) is 51.9 Å². The third-order valence-corrected chi connectivity index (χ3v) is 5.45. The maximum atomic E-state index is 6.46. The van der Waals surface area contributed by atoms with Crippen LogP contribution in [0.3, 0.4) is 0 Å². The monoisotopic (exact) mass is 296 g/mol. The Kier molecular flexibility index (Phi) is 4.23. The summed E-state index contributed by atoms with van der Waals surface area (Å²) in [6.07, 6.45) is 0.956. The molecule has 0 aliphatic rings. The van der Waals surface area contributed by atoms with E-state index in [0.29, 0.717) is 0 Å². The number of anilines is 2. The van der Waals surface area contributed by atoms with Crippen molar-refractivity contribution < 1.29 is 0 Å². The molecule has 2 aromatic rings. The van der Waals surface area contributed by atoms with Gasteiger partial charge in [0.1, 0.15) is 0 Å². The third-order valence-electron chi connectivity index (χ3n) is 5.45. The number of nitrogen functional groups attached to an aromatic ring is 2. The molecular formula is C20H28N2. The minimum atomic E-state index is -0.0988. The van der Waals surface area contributed by atoms with Crippen LogP contribution in [0, 0.1) is 0 Å². The van der Waals surface area contributed by atoms with Crippen molar-refractivity contribution in [2.75, 3.05) is 11.5 Å². The van der Waals surface area contributed by atoms with Gasteiger partial charge in [0, 0.05) is 16.8 Å². The zero-order chi connectivity index (χ0) is 16.5. The van der Waals surface area contributed by atoms with E-state index in [2.05, 4.69) is 65.0 Å². The van der Waals surface area contributed by atoms with E-state index in [1.165, 1.54) is 16.7 Å². The van der Waals surface area contributed by atoms with Crippen molar-refractivity contribution in [2.24, 2.45) is 0 Å². The topological polar surface area (TPSA) is 52.0 Å². The molecule has 2 nitrogen and oxygen atoms in total. The van der Waals surface area contributed by atoms with E-state index >= 15 is 0 Å². The summed E-state index contributed by atoms with van der Waals surface area (Å²) in [5.74, 6) is 0. The summed E-state index contributed by atoms with van der Waals surface area (Å²) < 4.78 is 0. The molecule has 0 heterocycles. The van der Waals surface area contributed by atoms with E-state index in [4.69, 9.17) is 11.5 Å². The second kappa shape index (κ2) is 5.68. The molecule has 0 unspecified atom stereocenters. The van der Waals surface area contributed by atoms with E-state index in [0.717, 1.165) is 17.8 Å². The molecule has 0 saturated heterocycles. The molecule has 2 rings (SSSR count). The highest BCUT2D eigenvalue weighted by molar-refractivity contribution is 5.58. The van der Waals surface area contributed by atoms with Gasteiger partial charge in [-0.3, -0.25) is 0 Å². The average molecular weight is 296 g/mol. The Morgan fingerprint density at radius 1 is 0.818 bits per heavy atom. The van der Waals surface area contributed by atoms with Crippen LogP contribution in [0.4, 0.5) is 11.4 Å². The van der Waals surface area contributed by atoms with Gasteiger partial charge in [0.2, 0.25) is 0 Å². The first-order chi connectivity index (χ1) is 10.2. The molecule has 0 saturated carbocycles. The summed E-state index contributed by atoms with van der Waals surface area (Å²) in [7, 11) is 0. The quantitative estimate of drug-likeness (QED) is 0.806. The fourth-order valence-corrected chi connectivity index (χ4v) is 3.06. The highest BCUT2D eigenvalue weighted by Crippen LogP contribution is 2.46.